The molecule has 2 amide bonds. The van der Waals surface area contributed by atoms with Gasteiger partial charge in [0, 0.05) is 49.7 Å². The number of amides is 2. The molecule has 0 aliphatic carbocycles. The van der Waals surface area contributed by atoms with Crippen molar-refractivity contribution in [3.8, 4) is 0 Å². The van der Waals surface area contributed by atoms with Gasteiger partial charge < -0.3 is 20.5 Å². The molecule has 8 heteroatoms. The molecule has 0 spiro atoms. The zero-order valence-corrected chi connectivity index (χ0v) is 14.7. The summed E-state index contributed by atoms with van der Waals surface area (Å²) in [5, 5.41) is 6.41. The monoisotopic (exact) mass is 359 g/mol. The van der Waals surface area contributed by atoms with Gasteiger partial charge in [-0.3, -0.25) is 14.4 Å². The van der Waals surface area contributed by atoms with Crippen molar-refractivity contribution in [1.29, 1.82) is 0 Å². The molecule has 3 saturated heterocycles. The summed E-state index contributed by atoms with van der Waals surface area (Å²) in [5.41, 5.74) is 0.443. The molecule has 3 fully saturated rings. The highest BCUT2D eigenvalue weighted by Crippen LogP contribution is 2.39. The van der Waals surface area contributed by atoms with Crippen LogP contribution in [-0.2, 0) is 16.0 Å². The molecule has 3 aliphatic rings. The van der Waals surface area contributed by atoms with Gasteiger partial charge in [0.2, 0.25) is 11.8 Å². The minimum atomic E-state index is -0.385. The van der Waals surface area contributed by atoms with Crippen LogP contribution in [0.4, 0.5) is 0 Å². The highest BCUT2D eigenvalue weighted by Gasteiger charge is 2.50. The molecule has 0 aromatic carbocycles. The molecule has 8 nitrogen and oxygen atoms in total. The average molecular weight is 359 g/mol. The number of carbonyl (C=O) groups is 2. The predicted molar refractivity (Wildman–Crippen MR) is 94.3 cm³/mol. The van der Waals surface area contributed by atoms with Crippen LogP contribution in [0.3, 0.4) is 0 Å². The number of nitrogens with zero attached hydrogens (tertiary/aromatic N) is 2. The normalized spacial score (nSPS) is 30.6. The molecule has 140 valence electrons. The number of hydrogen-bond acceptors (Lipinski definition) is 5. The van der Waals surface area contributed by atoms with Crippen molar-refractivity contribution < 1.29 is 9.59 Å². The number of carbonyl (C=O) groups excluding carboxylic acids is 2. The number of aromatic nitrogens is 2. The van der Waals surface area contributed by atoms with E-state index >= 15 is 0 Å². The van der Waals surface area contributed by atoms with E-state index in [2.05, 4.69) is 20.6 Å². The number of H-pyrrole nitrogens is 1. The Hall–Kier alpha value is -2.22. The first-order valence-electron chi connectivity index (χ1n) is 9.46. The molecule has 26 heavy (non-hydrogen) atoms. The fraction of sp³-hybridized carbons (Fsp3) is 0.667. The summed E-state index contributed by atoms with van der Waals surface area (Å²) in [4.78, 5) is 45.3. The number of rotatable bonds is 4. The number of hydrogen-bond donors (Lipinski definition) is 3. The molecule has 3 aliphatic heterocycles. The highest BCUT2D eigenvalue weighted by atomic mass is 16.2. The second kappa shape index (κ2) is 7.19. The Kier molecular flexibility index (Phi) is 4.76. The molecular weight excluding hydrogens is 334 g/mol. The van der Waals surface area contributed by atoms with Crippen LogP contribution in [-0.4, -0.2) is 58.4 Å². The van der Waals surface area contributed by atoms with E-state index in [0.717, 1.165) is 32.4 Å². The maximum absolute atomic E-state index is 12.9. The van der Waals surface area contributed by atoms with E-state index in [1.807, 2.05) is 4.90 Å². The molecule has 4 heterocycles. The van der Waals surface area contributed by atoms with Gasteiger partial charge in [0.15, 0.2) is 0 Å². The van der Waals surface area contributed by atoms with Crippen LogP contribution in [0.5, 0.6) is 0 Å². The average Bonchev–Trinajstić information content (AvgIpc) is 2.63. The van der Waals surface area contributed by atoms with Gasteiger partial charge in [-0.25, -0.2) is 4.98 Å². The van der Waals surface area contributed by atoms with E-state index in [4.69, 9.17) is 0 Å². The Morgan fingerprint density at radius 1 is 1.31 bits per heavy atom. The maximum Gasteiger partial charge on any atom is 0.250 e. The van der Waals surface area contributed by atoms with Crippen molar-refractivity contribution in [2.75, 3.05) is 19.6 Å². The van der Waals surface area contributed by atoms with Crippen molar-refractivity contribution in [3.05, 3.63) is 28.4 Å². The van der Waals surface area contributed by atoms with Gasteiger partial charge in [0.05, 0.1) is 6.33 Å². The number of nitrogens with one attached hydrogen (secondary N) is 3. The minimum Gasteiger partial charge on any atom is -0.354 e. The first-order valence-corrected chi connectivity index (χ1v) is 9.46. The first kappa shape index (κ1) is 17.2. The molecule has 1 aromatic rings. The Morgan fingerprint density at radius 2 is 2.15 bits per heavy atom. The second-order valence-corrected chi connectivity index (χ2v) is 7.56. The van der Waals surface area contributed by atoms with Crippen LogP contribution in [0, 0.1) is 11.8 Å². The summed E-state index contributed by atoms with van der Waals surface area (Å²) in [5.74, 6) is 0.670. The van der Waals surface area contributed by atoms with Gasteiger partial charge in [-0.15, -0.1) is 0 Å². The predicted octanol–water partition coefficient (Wildman–Crippen LogP) is -0.582. The molecule has 0 radical (unpaired) electrons. The smallest absolute Gasteiger partial charge is 0.250 e. The van der Waals surface area contributed by atoms with Gasteiger partial charge in [0.1, 0.15) is 6.04 Å². The third-order valence-electron chi connectivity index (χ3n) is 5.93. The first-order chi connectivity index (χ1) is 12.6. The van der Waals surface area contributed by atoms with E-state index in [9.17, 15) is 14.4 Å². The summed E-state index contributed by atoms with van der Waals surface area (Å²) in [6, 6.07) is 1.24. The zero-order valence-electron chi connectivity index (χ0n) is 14.7. The summed E-state index contributed by atoms with van der Waals surface area (Å²) < 4.78 is 0. The largest absolute Gasteiger partial charge is 0.354 e. The lowest BCUT2D eigenvalue weighted by molar-refractivity contribution is -0.157. The third kappa shape index (κ3) is 3.25. The molecule has 4 rings (SSSR count). The lowest BCUT2D eigenvalue weighted by Gasteiger charge is -2.53. The lowest BCUT2D eigenvalue weighted by Crippen LogP contribution is -2.68. The van der Waals surface area contributed by atoms with Gasteiger partial charge in [0.25, 0.3) is 5.56 Å². The molecule has 0 unspecified atom stereocenters. The van der Waals surface area contributed by atoms with Crippen LogP contribution in [0.15, 0.2) is 17.2 Å². The SMILES string of the molecule is O=C(NCCc1cc(=O)[nH]cn1)[C@H]1[C@@H]2CNC[C@@H](C2)[C@@H]2CCCC(=O)N21. The van der Waals surface area contributed by atoms with Crippen LogP contribution in [0.1, 0.15) is 31.4 Å². The fourth-order valence-corrected chi connectivity index (χ4v) is 4.81. The molecule has 2 bridgehead atoms. The number of aromatic amines is 1. The van der Waals surface area contributed by atoms with Crippen LogP contribution in [0.25, 0.3) is 0 Å². The van der Waals surface area contributed by atoms with Gasteiger partial charge in [-0.2, -0.15) is 0 Å². The van der Waals surface area contributed by atoms with Crippen molar-refractivity contribution in [2.24, 2.45) is 11.8 Å². The standard InChI is InChI=1S/C18H25N5O3/c24-15-7-13(21-10-22-15)4-5-20-18(26)17-12-6-11(8-19-9-12)14-2-1-3-16(25)23(14)17/h7,10-12,14,17,19H,1-6,8-9H2,(H,20,26)(H,21,22,24)/t11-,12+,14+,17-/m1/s1. The van der Waals surface area contributed by atoms with Crippen molar-refractivity contribution in [2.45, 2.75) is 44.2 Å². The van der Waals surface area contributed by atoms with Crippen LogP contribution in [0.2, 0.25) is 0 Å². The van der Waals surface area contributed by atoms with Crippen molar-refractivity contribution >= 4 is 11.8 Å². The van der Waals surface area contributed by atoms with Gasteiger partial charge in [-0.05, 0) is 31.7 Å². The molecule has 4 atom stereocenters. The van der Waals surface area contributed by atoms with Crippen molar-refractivity contribution in [3.63, 3.8) is 0 Å². The Bertz CT molecular complexity index is 748. The molecule has 1 aromatic heterocycles. The molecule has 0 saturated carbocycles. The van der Waals surface area contributed by atoms with Gasteiger partial charge >= 0.3 is 0 Å². The lowest BCUT2D eigenvalue weighted by atomic mass is 9.72. The fourth-order valence-electron chi connectivity index (χ4n) is 4.81. The maximum atomic E-state index is 12.9. The van der Waals surface area contributed by atoms with E-state index in [1.54, 1.807) is 0 Å². The van der Waals surface area contributed by atoms with E-state index in [1.165, 1.54) is 12.4 Å². The number of fused-ring (bicyclic) bond motifs is 4. The highest BCUT2D eigenvalue weighted by molar-refractivity contribution is 5.89. The summed E-state index contributed by atoms with van der Waals surface area (Å²) in [6.45, 7) is 2.12. The van der Waals surface area contributed by atoms with Crippen LogP contribution >= 0.6 is 0 Å². The molecular formula is C18H25N5O3. The molecule has 3 N–H and O–H groups in total. The Labute approximate surface area is 151 Å². The van der Waals surface area contributed by atoms with E-state index < -0.39 is 0 Å². The summed E-state index contributed by atoms with van der Waals surface area (Å²) in [7, 11) is 0. The topological polar surface area (TPSA) is 107 Å². The quantitative estimate of drug-likeness (QED) is 0.667. The Balaban J connectivity index is 1.44. The van der Waals surface area contributed by atoms with E-state index in [-0.39, 0.29) is 35.4 Å². The minimum absolute atomic E-state index is 0.0813. The number of piperidine rings is 3. The zero-order chi connectivity index (χ0) is 18.1. The van der Waals surface area contributed by atoms with E-state index in [0.29, 0.717) is 31.0 Å². The Morgan fingerprint density at radius 3 is 3.00 bits per heavy atom. The summed E-state index contributed by atoms with van der Waals surface area (Å²) in [6.07, 6.45) is 5.32. The second-order valence-electron chi connectivity index (χ2n) is 7.56. The van der Waals surface area contributed by atoms with Gasteiger partial charge in [-0.1, -0.05) is 0 Å². The third-order valence-corrected chi connectivity index (χ3v) is 5.93. The van der Waals surface area contributed by atoms with Crippen LogP contribution < -0.4 is 16.2 Å². The van der Waals surface area contributed by atoms with Crippen molar-refractivity contribution in [1.82, 2.24) is 25.5 Å². The summed E-state index contributed by atoms with van der Waals surface area (Å²) >= 11 is 0.